The average molecular weight is 484 g/mol. The number of carbonyl (C=O) groups is 1. The van der Waals surface area contributed by atoms with Gasteiger partial charge < -0.3 is 4.74 Å². The topological polar surface area (TPSA) is 74.5 Å². The fraction of sp³-hybridized carbons (Fsp3) is 0.0385. The molecule has 0 atom stereocenters. The highest BCUT2D eigenvalue weighted by atomic mass is 79.9. The molecule has 0 spiro atoms. The molecule has 32 heavy (non-hydrogen) atoms. The Hall–Kier alpha value is -3.95. The number of halogens is 1. The first-order valence-corrected chi connectivity index (χ1v) is 10.7. The highest BCUT2D eigenvalue weighted by Gasteiger charge is 2.10. The molecule has 0 bridgehead atoms. The number of amides is 1. The van der Waals surface area contributed by atoms with E-state index in [1.54, 1.807) is 36.5 Å². The van der Waals surface area contributed by atoms with Gasteiger partial charge in [-0.05, 0) is 62.6 Å². The van der Waals surface area contributed by atoms with Crippen LogP contribution in [0.3, 0.4) is 0 Å². The van der Waals surface area contributed by atoms with Crippen molar-refractivity contribution in [3.8, 4) is 11.8 Å². The summed E-state index contributed by atoms with van der Waals surface area (Å²) in [5, 5.41) is 15.3. The summed E-state index contributed by atoms with van der Waals surface area (Å²) in [4.78, 5) is 12.5. The molecule has 0 fully saturated rings. The van der Waals surface area contributed by atoms with Crippen LogP contribution in [0.15, 0.2) is 94.5 Å². The Kier molecular flexibility index (Phi) is 6.59. The second kappa shape index (κ2) is 9.90. The number of hydrogen-bond acceptors (Lipinski definition) is 4. The van der Waals surface area contributed by atoms with Crippen molar-refractivity contribution in [1.82, 2.24) is 5.43 Å². The average Bonchev–Trinajstić information content (AvgIpc) is 2.83. The normalized spacial score (nSPS) is 10.8. The van der Waals surface area contributed by atoms with Crippen LogP contribution in [0.4, 0.5) is 0 Å². The number of ether oxygens (including phenoxy) is 1. The first-order valence-electron chi connectivity index (χ1n) is 9.87. The molecule has 4 aromatic rings. The van der Waals surface area contributed by atoms with Gasteiger partial charge >= 0.3 is 0 Å². The monoisotopic (exact) mass is 483 g/mol. The van der Waals surface area contributed by atoms with Crippen LogP contribution in [0.2, 0.25) is 0 Å². The minimum atomic E-state index is -0.315. The predicted octanol–water partition coefficient (Wildman–Crippen LogP) is 5.82. The summed E-state index contributed by atoms with van der Waals surface area (Å²) in [5.41, 5.74) is 5.31. The molecule has 0 saturated carbocycles. The lowest BCUT2D eigenvalue weighted by Crippen LogP contribution is -2.18. The van der Waals surface area contributed by atoms with Gasteiger partial charge in [0.15, 0.2) is 0 Å². The number of hydrazone groups is 1. The van der Waals surface area contributed by atoms with Gasteiger partial charge in [-0.2, -0.15) is 10.4 Å². The Morgan fingerprint density at radius 3 is 2.69 bits per heavy atom. The van der Waals surface area contributed by atoms with Crippen molar-refractivity contribution in [2.45, 2.75) is 6.61 Å². The Labute approximate surface area is 194 Å². The number of hydrogen-bond donors (Lipinski definition) is 1. The van der Waals surface area contributed by atoms with Crippen molar-refractivity contribution in [1.29, 1.82) is 5.26 Å². The largest absolute Gasteiger partial charge is 0.488 e. The molecule has 0 aliphatic heterocycles. The van der Waals surface area contributed by atoms with Crippen molar-refractivity contribution in [3.63, 3.8) is 0 Å². The number of nitrogens with one attached hydrogen (secondary N) is 1. The second-order valence-corrected chi connectivity index (χ2v) is 7.83. The van der Waals surface area contributed by atoms with E-state index >= 15 is 0 Å². The highest BCUT2D eigenvalue weighted by Crippen LogP contribution is 2.27. The van der Waals surface area contributed by atoms with Crippen molar-refractivity contribution in [2.75, 3.05) is 0 Å². The Morgan fingerprint density at radius 1 is 1.03 bits per heavy atom. The van der Waals surface area contributed by atoms with E-state index in [9.17, 15) is 4.79 Å². The minimum absolute atomic E-state index is 0.304. The summed E-state index contributed by atoms with van der Waals surface area (Å²) in [5.74, 6) is 0.315. The molecule has 0 heterocycles. The molecule has 156 valence electrons. The number of fused-ring (bicyclic) bond motifs is 1. The third kappa shape index (κ3) is 4.85. The van der Waals surface area contributed by atoms with Crippen molar-refractivity contribution in [3.05, 3.63) is 112 Å². The van der Waals surface area contributed by atoms with Gasteiger partial charge in [0.05, 0.1) is 23.4 Å². The maximum atomic E-state index is 12.5. The lowest BCUT2D eigenvalue weighted by molar-refractivity contribution is 0.0954. The molecule has 1 amide bonds. The van der Waals surface area contributed by atoms with Crippen LogP contribution >= 0.6 is 15.9 Å². The third-order valence-corrected chi connectivity index (χ3v) is 5.55. The van der Waals surface area contributed by atoms with Crippen LogP contribution in [0.25, 0.3) is 10.8 Å². The molecular formula is C26H18BrN3O2. The summed E-state index contributed by atoms with van der Waals surface area (Å²) in [6.45, 7) is 0.304. The number of carbonyl (C=O) groups excluding carboxylic acids is 1. The number of rotatable bonds is 6. The summed E-state index contributed by atoms with van der Waals surface area (Å²) < 4.78 is 6.77. The first kappa shape index (κ1) is 21.3. The standard InChI is InChI=1S/C26H18BrN3O2/c27-24-11-4-3-10-22(24)26(31)30-29-16-23-21-9-2-1-8-20(21)12-13-25(23)32-17-19-7-5-6-18(14-19)15-28/h1-14,16H,17H2,(H,30,31)/b29-16+. The van der Waals surface area contributed by atoms with Crippen molar-refractivity contribution < 1.29 is 9.53 Å². The van der Waals surface area contributed by atoms with E-state index in [2.05, 4.69) is 32.5 Å². The summed E-state index contributed by atoms with van der Waals surface area (Å²) in [6.07, 6.45) is 1.60. The number of nitrogens with zero attached hydrogens (tertiary/aromatic N) is 2. The van der Waals surface area contributed by atoms with Gasteiger partial charge in [0.1, 0.15) is 12.4 Å². The van der Waals surface area contributed by atoms with Gasteiger partial charge in [-0.3, -0.25) is 4.79 Å². The van der Waals surface area contributed by atoms with E-state index in [0.29, 0.717) is 28.0 Å². The summed E-state index contributed by atoms with van der Waals surface area (Å²) >= 11 is 3.38. The lowest BCUT2D eigenvalue weighted by Gasteiger charge is -2.12. The third-order valence-electron chi connectivity index (χ3n) is 4.86. The van der Waals surface area contributed by atoms with Gasteiger partial charge in [0.25, 0.3) is 5.91 Å². The number of benzene rings is 4. The molecule has 0 saturated heterocycles. The molecule has 0 radical (unpaired) electrons. The van der Waals surface area contributed by atoms with Crippen LogP contribution in [0.1, 0.15) is 27.0 Å². The summed E-state index contributed by atoms with van der Waals surface area (Å²) in [6, 6.07) is 28.3. The van der Waals surface area contributed by atoms with E-state index in [1.807, 2.05) is 54.6 Å². The predicted molar refractivity (Wildman–Crippen MR) is 129 cm³/mol. The van der Waals surface area contributed by atoms with Gasteiger partial charge in [-0.25, -0.2) is 5.43 Å². The summed E-state index contributed by atoms with van der Waals surface area (Å²) in [7, 11) is 0. The highest BCUT2D eigenvalue weighted by molar-refractivity contribution is 9.10. The van der Waals surface area contributed by atoms with Crippen LogP contribution < -0.4 is 10.2 Å². The molecule has 0 aliphatic carbocycles. The molecule has 1 N–H and O–H groups in total. The number of nitriles is 1. The fourth-order valence-corrected chi connectivity index (χ4v) is 3.75. The van der Waals surface area contributed by atoms with Gasteiger partial charge in [-0.1, -0.05) is 54.6 Å². The Balaban J connectivity index is 1.60. The molecular weight excluding hydrogens is 466 g/mol. The zero-order valence-electron chi connectivity index (χ0n) is 17.0. The van der Waals surface area contributed by atoms with E-state index < -0.39 is 0 Å². The van der Waals surface area contributed by atoms with E-state index in [0.717, 1.165) is 21.9 Å². The minimum Gasteiger partial charge on any atom is -0.488 e. The second-order valence-electron chi connectivity index (χ2n) is 6.98. The molecule has 0 aliphatic rings. The van der Waals surface area contributed by atoms with Crippen LogP contribution in [0, 0.1) is 11.3 Å². The molecule has 4 rings (SSSR count). The van der Waals surface area contributed by atoms with Gasteiger partial charge in [0.2, 0.25) is 0 Å². The zero-order valence-corrected chi connectivity index (χ0v) is 18.5. The van der Waals surface area contributed by atoms with Gasteiger partial charge in [0, 0.05) is 10.0 Å². The smallest absolute Gasteiger partial charge is 0.272 e. The molecule has 0 aromatic heterocycles. The fourth-order valence-electron chi connectivity index (χ4n) is 3.29. The molecule has 0 unspecified atom stereocenters. The maximum absolute atomic E-state index is 12.5. The van der Waals surface area contributed by atoms with Crippen LogP contribution in [-0.4, -0.2) is 12.1 Å². The SMILES string of the molecule is N#Cc1cccc(COc2ccc3ccccc3c2/C=N/NC(=O)c2ccccc2Br)c1. The van der Waals surface area contributed by atoms with E-state index in [1.165, 1.54) is 0 Å². The lowest BCUT2D eigenvalue weighted by atomic mass is 10.0. The van der Waals surface area contributed by atoms with Crippen LogP contribution in [0.5, 0.6) is 5.75 Å². The van der Waals surface area contributed by atoms with E-state index in [-0.39, 0.29) is 5.91 Å². The molecule has 6 heteroatoms. The van der Waals surface area contributed by atoms with Gasteiger partial charge in [-0.15, -0.1) is 0 Å². The molecule has 4 aromatic carbocycles. The van der Waals surface area contributed by atoms with Crippen molar-refractivity contribution >= 4 is 38.8 Å². The maximum Gasteiger partial charge on any atom is 0.272 e. The molecule has 5 nitrogen and oxygen atoms in total. The Morgan fingerprint density at radius 2 is 1.84 bits per heavy atom. The van der Waals surface area contributed by atoms with E-state index in [4.69, 9.17) is 10.00 Å². The zero-order chi connectivity index (χ0) is 22.3. The van der Waals surface area contributed by atoms with Crippen LogP contribution in [-0.2, 0) is 6.61 Å². The first-order chi connectivity index (χ1) is 15.7. The van der Waals surface area contributed by atoms with Crippen molar-refractivity contribution in [2.24, 2.45) is 5.10 Å². The quantitative estimate of drug-likeness (QED) is 0.277. The Bertz CT molecular complexity index is 1360.